The quantitative estimate of drug-likeness (QED) is 0.519. The van der Waals surface area contributed by atoms with E-state index in [1.807, 2.05) is 22.6 Å². The lowest BCUT2D eigenvalue weighted by molar-refractivity contribution is -0.140. The Morgan fingerprint density at radius 2 is 1.62 bits per heavy atom. The van der Waals surface area contributed by atoms with Crippen molar-refractivity contribution in [3.8, 4) is 0 Å². The van der Waals surface area contributed by atoms with Crippen LogP contribution in [0.1, 0.15) is 22.7 Å². The molecule has 0 aromatic heterocycles. The number of halogens is 6. The van der Waals surface area contributed by atoms with Gasteiger partial charge in [-0.3, -0.25) is 0 Å². The Morgan fingerprint density at radius 1 is 1.05 bits per heavy atom. The smallest absolute Gasteiger partial charge is 0.320 e. The van der Waals surface area contributed by atoms with E-state index in [-0.39, 0.29) is 5.56 Å². The van der Waals surface area contributed by atoms with E-state index in [2.05, 4.69) is 0 Å². The molecule has 0 aliphatic heterocycles. The molecular formula is C14H9ClF4IN. The summed E-state index contributed by atoms with van der Waals surface area (Å²) >= 11 is 8.00. The van der Waals surface area contributed by atoms with Gasteiger partial charge in [-0.2, -0.15) is 13.2 Å². The monoisotopic (exact) mass is 429 g/mol. The lowest BCUT2D eigenvalue weighted by atomic mass is 9.97. The van der Waals surface area contributed by atoms with Crippen LogP contribution in [0.25, 0.3) is 0 Å². The van der Waals surface area contributed by atoms with E-state index < -0.39 is 23.6 Å². The molecule has 0 saturated heterocycles. The maximum absolute atomic E-state index is 13.3. The largest absolute Gasteiger partial charge is 0.419 e. The first-order valence-corrected chi connectivity index (χ1v) is 7.23. The van der Waals surface area contributed by atoms with Gasteiger partial charge < -0.3 is 5.73 Å². The third kappa shape index (κ3) is 3.67. The third-order valence-corrected chi connectivity index (χ3v) is 4.53. The third-order valence-electron chi connectivity index (χ3n) is 2.96. The second-order valence-electron chi connectivity index (χ2n) is 4.39. The summed E-state index contributed by atoms with van der Waals surface area (Å²) in [4.78, 5) is 0. The van der Waals surface area contributed by atoms with Gasteiger partial charge in [0.25, 0.3) is 0 Å². The van der Waals surface area contributed by atoms with Crippen molar-refractivity contribution in [3.05, 3.63) is 67.5 Å². The lowest BCUT2D eigenvalue weighted by Gasteiger charge is -2.16. The van der Waals surface area contributed by atoms with Crippen LogP contribution in [0.4, 0.5) is 17.6 Å². The zero-order valence-corrected chi connectivity index (χ0v) is 13.3. The van der Waals surface area contributed by atoms with Gasteiger partial charge in [0.1, 0.15) is 5.82 Å². The molecular weight excluding hydrogens is 421 g/mol. The van der Waals surface area contributed by atoms with E-state index in [1.54, 1.807) is 18.2 Å². The van der Waals surface area contributed by atoms with Gasteiger partial charge in [-0.25, -0.2) is 4.39 Å². The van der Waals surface area contributed by atoms with Gasteiger partial charge in [0.2, 0.25) is 0 Å². The van der Waals surface area contributed by atoms with E-state index in [0.717, 1.165) is 15.7 Å². The number of hydrogen-bond acceptors (Lipinski definition) is 1. The molecule has 1 atom stereocenters. The standard InChI is InChI=1S/C14H9ClF4IN/c15-10-6-8(2-4-12(10)20)13(21)7-1-3-11(16)9(5-7)14(17,18)19/h1-6,13H,21H2. The van der Waals surface area contributed by atoms with Crippen molar-refractivity contribution in [1.29, 1.82) is 0 Å². The molecule has 0 bridgehead atoms. The van der Waals surface area contributed by atoms with E-state index in [0.29, 0.717) is 10.6 Å². The minimum atomic E-state index is -4.76. The van der Waals surface area contributed by atoms with Crippen LogP contribution in [-0.2, 0) is 6.18 Å². The number of alkyl halides is 3. The van der Waals surface area contributed by atoms with Crippen molar-refractivity contribution in [2.24, 2.45) is 5.73 Å². The molecule has 0 aliphatic rings. The van der Waals surface area contributed by atoms with Crippen LogP contribution in [0.2, 0.25) is 5.02 Å². The first-order valence-electron chi connectivity index (χ1n) is 5.77. The molecule has 0 radical (unpaired) electrons. The van der Waals surface area contributed by atoms with Gasteiger partial charge in [0.15, 0.2) is 0 Å². The van der Waals surface area contributed by atoms with Crippen LogP contribution in [0.5, 0.6) is 0 Å². The Bertz CT molecular complexity index is 673. The molecule has 2 N–H and O–H groups in total. The normalized spacial score (nSPS) is 13.3. The van der Waals surface area contributed by atoms with Gasteiger partial charge in [0.05, 0.1) is 16.6 Å². The summed E-state index contributed by atoms with van der Waals surface area (Å²) in [5.74, 6) is -1.32. The minimum absolute atomic E-state index is 0.168. The Kier molecular flexibility index (Phi) is 4.79. The summed E-state index contributed by atoms with van der Waals surface area (Å²) in [7, 11) is 0. The summed E-state index contributed by atoms with van der Waals surface area (Å²) in [5, 5.41) is 0.460. The molecule has 0 fully saturated rings. The highest BCUT2D eigenvalue weighted by atomic mass is 127. The first kappa shape index (κ1) is 16.5. The number of rotatable bonds is 2. The highest BCUT2D eigenvalue weighted by Gasteiger charge is 2.34. The fourth-order valence-corrected chi connectivity index (χ4v) is 2.38. The Labute approximate surface area is 137 Å². The average Bonchev–Trinajstić information content (AvgIpc) is 2.40. The summed E-state index contributed by atoms with van der Waals surface area (Å²) in [5.41, 5.74) is 5.34. The predicted octanol–water partition coefficient (Wildman–Crippen LogP) is 5.15. The minimum Gasteiger partial charge on any atom is -0.320 e. The van der Waals surface area contributed by atoms with Crippen molar-refractivity contribution in [2.45, 2.75) is 12.2 Å². The first-order chi connectivity index (χ1) is 9.70. The fraction of sp³-hybridized carbons (Fsp3) is 0.143. The Hall–Kier alpha value is -0.860. The van der Waals surface area contributed by atoms with Crippen LogP contribution in [-0.4, -0.2) is 0 Å². The summed E-state index contributed by atoms with van der Waals surface area (Å²) in [6, 6.07) is 6.90. The van der Waals surface area contributed by atoms with Crippen LogP contribution < -0.4 is 5.73 Å². The van der Waals surface area contributed by atoms with Crippen LogP contribution in [0, 0.1) is 9.39 Å². The molecule has 21 heavy (non-hydrogen) atoms. The highest BCUT2D eigenvalue weighted by molar-refractivity contribution is 14.1. The molecule has 1 nitrogen and oxygen atoms in total. The highest BCUT2D eigenvalue weighted by Crippen LogP contribution is 2.34. The SMILES string of the molecule is NC(c1ccc(I)c(Cl)c1)c1ccc(F)c(C(F)(F)F)c1. The Morgan fingerprint density at radius 3 is 2.19 bits per heavy atom. The predicted molar refractivity (Wildman–Crippen MR) is 81.6 cm³/mol. The maximum atomic E-state index is 13.3. The van der Waals surface area contributed by atoms with Gasteiger partial charge in [-0.15, -0.1) is 0 Å². The number of hydrogen-bond donors (Lipinski definition) is 1. The van der Waals surface area contributed by atoms with Gasteiger partial charge in [-0.1, -0.05) is 23.7 Å². The zero-order valence-electron chi connectivity index (χ0n) is 10.4. The zero-order chi connectivity index (χ0) is 15.8. The molecule has 112 valence electrons. The molecule has 0 heterocycles. The van der Waals surface area contributed by atoms with E-state index in [9.17, 15) is 17.6 Å². The molecule has 0 amide bonds. The van der Waals surface area contributed by atoms with Crippen molar-refractivity contribution in [1.82, 2.24) is 0 Å². The van der Waals surface area contributed by atoms with Crippen molar-refractivity contribution < 1.29 is 17.6 Å². The average molecular weight is 430 g/mol. The molecule has 2 aromatic carbocycles. The van der Waals surface area contributed by atoms with Crippen molar-refractivity contribution in [2.75, 3.05) is 0 Å². The molecule has 2 rings (SSSR count). The molecule has 7 heteroatoms. The summed E-state index contributed by atoms with van der Waals surface area (Å²) in [6.07, 6.45) is -4.76. The van der Waals surface area contributed by atoms with Crippen molar-refractivity contribution >= 4 is 34.2 Å². The molecule has 0 spiro atoms. The fourth-order valence-electron chi connectivity index (χ4n) is 1.85. The molecule has 1 unspecified atom stereocenters. The summed E-state index contributed by atoms with van der Waals surface area (Å²) in [6.45, 7) is 0. The molecule has 0 saturated carbocycles. The van der Waals surface area contributed by atoms with Crippen LogP contribution >= 0.6 is 34.2 Å². The van der Waals surface area contributed by atoms with Crippen molar-refractivity contribution in [3.63, 3.8) is 0 Å². The molecule has 0 aliphatic carbocycles. The molecule has 2 aromatic rings. The number of benzene rings is 2. The van der Waals surface area contributed by atoms with E-state index in [4.69, 9.17) is 17.3 Å². The lowest BCUT2D eigenvalue weighted by Crippen LogP contribution is -2.15. The summed E-state index contributed by atoms with van der Waals surface area (Å²) < 4.78 is 52.2. The Balaban J connectivity index is 2.44. The van der Waals surface area contributed by atoms with Gasteiger partial charge >= 0.3 is 6.18 Å². The second-order valence-corrected chi connectivity index (χ2v) is 5.96. The van der Waals surface area contributed by atoms with Gasteiger partial charge in [0, 0.05) is 3.57 Å². The topological polar surface area (TPSA) is 26.0 Å². The number of nitrogens with two attached hydrogens (primary N) is 1. The van der Waals surface area contributed by atoms with Gasteiger partial charge in [-0.05, 0) is 58.0 Å². The second kappa shape index (κ2) is 6.10. The maximum Gasteiger partial charge on any atom is 0.419 e. The van der Waals surface area contributed by atoms with Crippen LogP contribution in [0.3, 0.4) is 0 Å². The van der Waals surface area contributed by atoms with E-state index in [1.165, 1.54) is 6.07 Å². The van der Waals surface area contributed by atoms with E-state index >= 15 is 0 Å². The van der Waals surface area contributed by atoms with Crippen LogP contribution in [0.15, 0.2) is 36.4 Å².